The van der Waals surface area contributed by atoms with Crippen molar-refractivity contribution in [3.8, 4) is 0 Å². The third kappa shape index (κ3) is 2.67. The van der Waals surface area contributed by atoms with Gasteiger partial charge in [-0.25, -0.2) is 0 Å². The Labute approximate surface area is 77.7 Å². The highest BCUT2D eigenvalue weighted by Gasteiger charge is 2.33. The molecule has 0 saturated heterocycles. The molecule has 76 valence electrons. The zero-order valence-electron chi connectivity index (χ0n) is 7.86. The molecule has 0 heterocycles. The summed E-state index contributed by atoms with van der Waals surface area (Å²) in [5.41, 5.74) is 4.39. The molecule has 1 atom stereocenters. The summed E-state index contributed by atoms with van der Waals surface area (Å²) in [7, 11) is 0. The minimum atomic E-state index is -1.15. The number of rotatable bonds is 2. The molecule has 0 spiro atoms. The number of carbonyl (C=O) groups is 1. The maximum absolute atomic E-state index is 10.6. The van der Waals surface area contributed by atoms with Crippen molar-refractivity contribution in [3.63, 3.8) is 0 Å². The Balaban J connectivity index is 2.44. The van der Waals surface area contributed by atoms with E-state index in [0.717, 1.165) is 0 Å². The number of aliphatic hydroxyl groups is 1. The molecule has 1 unspecified atom stereocenters. The molecule has 0 amide bonds. The van der Waals surface area contributed by atoms with Crippen molar-refractivity contribution in [2.24, 2.45) is 17.6 Å². The second kappa shape index (κ2) is 3.64. The number of carboxylic acid groups (broad SMARTS) is 1. The van der Waals surface area contributed by atoms with Crippen molar-refractivity contribution < 1.29 is 15.0 Å². The van der Waals surface area contributed by atoms with Gasteiger partial charge < -0.3 is 15.9 Å². The van der Waals surface area contributed by atoms with E-state index in [1.807, 2.05) is 0 Å². The van der Waals surface area contributed by atoms with Crippen LogP contribution in [0.4, 0.5) is 0 Å². The van der Waals surface area contributed by atoms with Gasteiger partial charge in [-0.15, -0.1) is 0 Å². The number of nitrogens with two attached hydrogens (primary N) is 1. The van der Waals surface area contributed by atoms with Gasteiger partial charge in [0.2, 0.25) is 0 Å². The molecular weight excluding hydrogens is 170 g/mol. The summed E-state index contributed by atoms with van der Waals surface area (Å²) in [6.07, 6.45) is 2.68. The lowest BCUT2D eigenvalue weighted by Crippen LogP contribution is -2.45. The van der Waals surface area contributed by atoms with Crippen LogP contribution in [0.5, 0.6) is 0 Å². The normalized spacial score (nSPS) is 33.8. The van der Waals surface area contributed by atoms with Gasteiger partial charge in [0.05, 0.1) is 5.92 Å². The van der Waals surface area contributed by atoms with Crippen LogP contribution in [0.15, 0.2) is 0 Å². The first kappa shape index (κ1) is 10.5. The molecule has 1 aliphatic rings. The molecule has 1 saturated carbocycles. The van der Waals surface area contributed by atoms with Crippen LogP contribution in [-0.4, -0.2) is 21.9 Å². The lowest BCUT2D eigenvalue weighted by Gasteiger charge is -2.34. The third-order valence-corrected chi connectivity index (χ3v) is 2.90. The minimum Gasteiger partial charge on any atom is -0.481 e. The van der Waals surface area contributed by atoms with Gasteiger partial charge >= 0.3 is 5.97 Å². The second-order valence-electron chi connectivity index (χ2n) is 4.11. The zero-order valence-corrected chi connectivity index (χ0v) is 7.86. The molecule has 4 nitrogen and oxygen atoms in total. The minimum absolute atomic E-state index is 0.0445. The standard InChI is InChI=1S/C9H17NO3/c1-9(10,13)7-4-2-6(3-5-7)8(11)12/h6-7,13H,2-5,10H2,1H3,(H,11,12). The Morgan fingerprint density at radius 3 is 2.15 bits per heavy atom. The Morgan fingerprint density at radius 1 is 1.38 bits per heavy atom. The predicted molar refractivity (Wildman–Crippen MR) is 47.9 cm³/mol. The van der Waals surface area contributed by atoms with Gasteiger partial charge in [-0.05, 0) is 32.6 Å². The number of carboxylic acids is 1. The van der Waals surface area contributed by atoms with Crippen LogP contribution in [-0.2, 0) is 4.79 Å². The highest BCUT2D eigenvalue weighted by atomic mass is 16.4. The summed E-state index contributed by atoms with van der Waals surface area (Å²) in [5, 5.41) is 18.2. The summed E-state index contributed by atoms with van der Waals surface area (Å²) in [4.78, 5) is 10.6. The van der Waals surface area contributed by atoms with Gasteiger partial charge in [-0.2, -0.15) is 0 Å². The first-order valence-corrected chi connectivity index (χ1v) is 4.65. The van der Waals surface area contributed by atoms with Crippen LogP contribution in [0.25, 0.3) is 0 Å². The summed E-state index contributed by atoms with van der Waals surface area (Å²) < 4.78 is 0. The van der Waals surface area contributed by atoms with E-state index in [2.05, 4.69) is 0 Å². The van der Waals surface area contributed by atoms with Crippen LogP contribution in [0.1, 0.15) is 32.6 Å². The first-order valence-electron chi connectivity index (χ1n) is 4.65. The Morgan fingerprint density at radius 2 is 1.85 bits per heavy atom. The molecule has 4 N–H and O–H groups in total. The highest BCUT2D eigenvalue weighted by molar-refractivity contribution is 5.69. The van der Waals surface area contributed by atoms with Crippen LogP contribution in [0.2, 0.25) is 0 Å². The summed E-state index contributed by atoms with van der Waals surface area (Å²) in [6, 6.07) is 0. The zero-order chi connectivity index (χ0) is 10.1. The topological polar surface area (TPSA) is 83.5 Å². The number of aliphatic carboxylic acids is 1. The second-order valence-corrected chi connectivity index (χ2v) is 4.11. The number of hydrogen-bond donors (Lipinski definition) is 3. The van der Waals surface area contributed by atoms with E-state index >= 15 is 0 Å². The lowest BCUT2D eigenvalue weighted by molar-refractivity contribution is -0.144. The molecule has 1 rings (SSSR count). The fourth-order valence-electron chi connectivity index (χ4n) is 1.92. The molecule has 1 aliphatic carbocycles. The van der Waals surface area contributed by atoms with E-state index in [9.17, 15) is 9.90 Å². The maximum atomic E-state index is 10.6. The SMILES string of the molecule is CC(N)(O)C1CCC(C(=O)O)CC1. The van der Waals surface area contributed by atoms with Gasteiger partial charge in [0.15, 0.2) is 0 Å². The fraction of sp³-hybridized carbons (Fsp3) is 0.889. The Kier molecular flexibility index (Phi) is 2.93. The molecule has 0 aromatic carbocycles. The fourth-order valence-corrected chi connectivity index (χ4v) is 1.92. The molecule has 0 aliphatic heterocycles. The summed E-state index contributed by atoms with van der Waals surface area (Å²) in [5.74, 6) is -0.920. The molecule has 4 heteroatoms. The lowest BCUT2D eigenvalue weighted by atomic mass is 9.77. The predicted octanol–water partition coefficient (Wildman–Crippen LogP) is 0.545. The van der Waals surface area contributed by atoms with Crippen LogP contribution >= 0.6 is 0 Å². The Bertz CT molecular complexity index is 190. The van der Waals surface area contributed by atoms with E-state index in [1.165, 1.54) is 0 Å². The molecule has 13 heavy (non-hydrogen) atoms. The van der Waals surface area contributed by atoms with E-state index in [4.69, 9.17) is 10.8 Å². The third-order valence-electron chi connectivity index (χ3n) is 2.90. The quantitative estimate of drug-likeness (QED) is 0.551. The van der Waals surface area contributed by atoms with Crippen molar-refractivity contribution in [3.05, 3.63) is 0 Å². The van der Waals surface area contributed by atoms with Gasteiger partial charge in [-0.1, -0.05) is 0 Å². The van der Waals surface area contributed by atoms with Gasteiger partial charge in [0, 0.05) is 5.92 Å². The van der Waals surface area contributed by atoms with E-state index < -0.39 is 11.7 Å². The average molecular weight is 187 g/mol. The van der Waals surface area contributed by atoms with Crippen LogP contribution in [0, 0.1) is 11.8 Å². The molecule has 0 bridgehead atoms. The molecular formula is C9H17NO3. The van der Waals surface area contributed by atoms with E-state index in [-0.39, 0.29) is 11.8 Å². The number of hydrogen-bond acceptors (Lipinski definition) is 3. The monoisotopic (exact) mass is 187 g/mol. The molecule has 0 aromatic heterocycles. The van der Waals surface area contributed by atoms with Crippen molar-refractivity contribution in [1.82, 2.24) is 0 Å². The van der Waals surface area contributed by atoms with E-state index in [1.54, 1.807) is 6.92 Å². The van der Waals surface area contributed by atoms with Crippen LogP contribution < -0.4 is 5.73 Å². The van der Waals surface area contributed by atoms with Crippen molar-refractivity contribution in [2.45, 2.75) is 38.3 Å². The first-order chi connectivity index (χ1) is 5.91. The van der Waals surface area contributed by atoms with Crippen molar-refractivity contribution in [2.75, 3.05) is 0 Å². The smallest absolute Gasteiger partial charge is 0.306 e. The Hall–Kier alpha value is -0.610. The molecule has 1 fully saturated rings. The summed E-state index contributed by atoms with van der Waals surface area (Å²) >= 11 is 0. The van der Waals surface area contributed by atoms with Gasteiger partial charge in [-0.3, -0.25) is 4.79 Å². The van der Waals surface area contributed by atoms with Crippen LogP contribution in [0.3, 0.4) is 0 Å². The maximum Gasteiger partial charge on any atom is 0.306 e. The largest absolute Gasteiger partial charge is 0.481 e. The molecule has 0 radical (unpaired) electrons. The van der Waals surface area contributed by atoms with Gasteiger partial charge in [0.25, 0.3) is 0 Å². The highest BCUT2D eigenvalue weighted by Crippen LogP contribution is 2.33. The van der Waals surface area contributed by atoms with Gasteiger partial charge in [0.1, 0.15) is 5.72 Å². The van der Waals surface area contributed by atoms with Crippen molar-refractivity contribution >= 4 is 5.97 Å². The summed E-state index contributed by atoms with van der Waals surface area (Å²) in [6.45, 7) is 1.58. The average Bonchev–Trinajstić information content (AvgIpc) is 2.03. The molecule has 0 aromatic rings. The van der Waals surface area contributed by atoms with Crippen molar-refractivity contribution in [1.29, 1.82) is 0 Å². The van der Waals surface area contributed by atoms with E-state index in [0.29, 0.717) is 25.7 Å².